The van der Waals surface area contributed by atoms with Crippen LogP contribution in [0.4, 0.5) is 0 Å². The number of hydrogen-bond acceptors (Lipinski definition) is 5. The Morgan fingerprint density at radius 2 is 2.33 bits per heavy atom. The lowest BCUT2D eigenvalue weighted by molar-refractivity contribution is 0.158. The normalized spacial score (nSPS) is 11.8. The summed E-state index contributed by atoms with van der Waals surface area (Å²) in [5.74, 6) is 0.366. The summed E-state index contributed by atoms with van der Waals surface area (Å²) in [6, 6.07) is 1.76. The van der Waals surface area contributed by atoms with E-state index in [1.807, 2.05) is 18.7 Å². The van der Waals surface area contributed by atoms with E-state index in [0.717, 1.165) is 0 Å². The Morgan fingerprint density at radius 1 is 1.56 bits per heavy atom. The van der Waals surface area contributed by atoms with Crippen LogP contribution in [0, 0.1) is 0 Å². The van der Waals surface area contributed by atoms with Crippen molar-refractivity contribution in [2.24, 2.45) is 0 Å². The van der Waals surface area contributed by atoms with Crippen molar-refractivity contribution in [3.63, 3.8) is 0 Å². The Bertz CT molecular complexity index is 574. The van der Waals surface area contributed by atoms with Crippen molar-refractivity contribution < 1.29 is 5.11 Å². The van der Waals surface area contributed by atoms with Gasteiger partial charge in [0.05, 0.1) is 12.3 Å². The standard InChI is InChI=1S/C11H17N5O2/c1-8(2)15(3-4-17)6-9-5-10(18)16-11(14-9)12-7-13-16/h5,7-8,17H,3-4,6H2,1-2H3,(H,12,13,14). The Hall–Kier alpha value is -1.73. The van der Waals surface area contributed by atoms with Crippen molar-refractivity contribution in [1.29, 1.82) is 0 Å². The third kappa shape index (κ3) is 2.57. The fourth-order valence-corrected chi connectivity index (χ4v) is 1.81. The molecule has 0 amide bonds. The first kappa shape index (κ1) is 12.7. The fraction of sp³-hybridized carbons (Fsp3) is 0.545. The van der Waals surface area contributed by atoms with E-state index in [9.17, 15) is 4.79 Å². The van der Waals surface area contributed by atoms with Crippen LogP contribution < -0.4 is 5.56 Å². The molecule has 0 fully saturated rings. The molecular weight excluding hydrogens is 234 g/mol. The van der Waals surface area contributed by atoms with E-state index < -0.39 is 0 Å². The summed E-state index contributed by atoms with van der Waals surface area (Å²) >= 11 is 0. The highest BCUT2D eigenvalue weighted by Crippen LogP contribution is 2.04. The van der Waals surface area contributed by atoms with Crippen LogP contribution in [-0.4, -0.2) is 48.8 Å². The van der Waals surface area contributed by atoms with E-state index in [-0.39, 0.29) is 18.2 Å². The predicted octanol–water partition coefficient (Wildman–Crippen LogP) is -0.380. The zero-order valence-corrected chi connectivity index (χ0v) is 10.5. The molecule has 0 atom stereocenters. The van der Waals surface area contributed by atoms with Crippen molar-refractivity contribution in [2.75, 3.05) is 13.2 Å². The third-order valence-electron chi connectivity index (χ3n) is 2.80. The lowest BCUT2D eigenvalue weighted by Gasteiger charge is -2.24. The van der Waals surface area contributed by atoms with Crippen LogP contribution in [-0.2, 0) is 6.54 Å². The number of aromatic nitrogens is 4. The molecule has 0 saturated carbocycles. The minimum absolute atomic E-state index is 0.0851. The highest BCUT2D eigenvalue weighted by atomic mass is 16.3. The molecule has 2 N–H and O–H groups in total. The molecule has 2 aromatic heterocycles. The molecule has 2 heterocycles. The van der Waals surface area contributed by atoms with Gasteiger partial charge in [-0.2, -0.15) is 4.52 Å². The molecule has 0 aliphatic rings. The number of rotatable bonds is 5. The van der Waals surface area contributed by atoms with Gasteiger partial charge in [0.25, 0.3) is 11.3 Å². The number of fused-ring (bicyclic) bond motifs is 1. The summed E-state index contributed by atoms with van der Waals surface area (Å²) < 4.78 is 1.29. The summed E-state index contributed by atoms with van der Waals surface area (Å²) in [6.07, 6.45) is 1.43. The van der Waals surface area contributed by atoms with Crippen molar-refractivity contribution in [1.82, 2.24) is 24.5 Å². The molecule has 2 aromatic rings. The topological polar surface area (TPSA) is 86.5 Å². The molecule has 98 valence electrons. The fourth-order valence-electron chi connectivity index (χ4n) is 1.81. The van der Waals surface area contributed by atoms with Gasteiger partial charge in [-0.15, -0.1) is 0 Å². The van der Waals surface area contributed by atoms with E-state index in [1.165, 1.54) is 16.9 Å². The van der Waals surface area contributed by atoms with E-state index in [1.54, 1.807) is 0 Å². The highest BCUT2D eigenvalue weighted by Gasteiger charge is 2.12. The van der Waals surface area contributed by atoms with Gasteiger partial charge in [0.1, 0.15) is 6.33 Å². The second-order valence-electron chi connectivity index (χ2n) is 4.40. The molecule has 2 rings (SSSR count). The molecule has 7 heteroatoms. The first-order chi connectivity index (χ1) is 8.61. The Kier molecular flexibility index (Phi) is 3.73. The molecule has 7 nitrogen and oxygen atoms in total. The molecule has 0 spiro atoms. The monoisotopic (exact) mass is 251 g/mol. The van der Waals surface area contributed by atoms with Gasteiger partial charge in [-0.3, -0.25) is 14.8 Å². The van der Waals surface area contributed by atoms with Crippen LogP contribution in [0.1, 0.15) is 19.5 Å². The van der Waals surface area contributed by atoms with Crippen LogP contribution in [0.5, 0.6) is 0 Å². The summed E-state index contributed by atoms with van der Waals surface area (Å²) in [4.78, 5) is 22.1. The van der Waals surface area contributed by atoms with Crippen LogP contribution in [0.15, 0.2) is 17.2 Å². The van der Waals surface area contributed by atoms with Crippen molar-refractivity contribution in [2.45, 2.75) is 26.4 Å². The summed E-state index contributed by atoms with van der Waals surface area (Å²) in [5, 5.41) is 11.7. The molecular formula is C11H17N5O2. The maximum atomic E-state index is 11.8. The first-order valence-electron chi connectivity index (χ1n) is 5.89. The van der Waals surface area contributed by atoms with E-state index >= 15 is 0 Å². The van der Waals surface area contributed by atoms with Crippen LogP contribution in [0.2, 0.25) is 0 Å². The Morgan fingerprint density at radius 3 is 3.00 bits per heavy atom. The number of nitrogens with zero attached hydrogens (tertiary/aromatic N) is 4. The van der Waals surface area contributed by atoms with E-state index in [0.29, 0.717) is 24.6 Å². The average Bonchev–Trinajstić information content (AvgIpc) is 2.77. The van der Waals surface area contributed by atoms with Crippen LogP contribution in [0.25, 0.3) is 5.78 Å². The van der Waals surface area contributed by atoms with Crippen LogP contribution >= 0.6 is 0 Å². The Labute approximate surface area is 104 Å². The SMILES string of the molecule is CC(C)N(CCO)Cc1cc(=O)n2[nH]cnc2n1. The van der Waals surface area contributed by atoms with Crippen molar-refractivity contribution >= 4 is 5.78 Å². The van der Waals surface area contributed by atoms with Crippen LogP contribution in [0.3, 0.4) is 0 Å². The first-order valence-corrected chi connectivity index (χ1v) is 5.89. The lowest BCUT2D eigenvalue weighted by atomic mass is 10.3. The average molecular weight is 251 g/mol. The zero-order chi connectivity index (χ0) is 13.1. The second kappa shape index (κ2) is 5.28. The number of aliphatic hydroxyl groups excluding tert-OH is 1. The second-order valence-corrected chi connectivity index (χ2v) is 4.40. The number of nitrogens with one attached hydrogen (secondary N) is 1. The third-order valence-corrected chi connectivity index (χ3v) is 2.80. The van der Waals surface area contributed by atoms with Gasteiger partial charge in [0.15, 0.2) is 0 Å². The van der Waals surface area contributed by atoms with E-state index in [4.69, 9.17) is 5.11 Å². The maximum absolute atomic E-state index is 11.8. The van der Waals surface area contributed by atoms with Gasteiger partial charge in [0, 0.05) is 25.2 Å². The highest BCUT2D eigenvalue weighted by molar-refractivity contribution is 5.25. The molecule has 0 aromatic carbocycles. The van der Waals surface area contributed by atoms with Gasteiger partial charge in [-0.05, 0) is 13.8 Å². The van der Waals surface area contributed by atoms with Gasteiger partial charge in [0.2, 0.25) is 0 Å². The Balaban J connectivity index is 2.27. The van der Waals surface area contributed by atoms with Crippen molar-refractivity contribution in [3.8, 4) is 0 Å². The quantitative estimate of drug-likeness (QED) is 0.756. The molecule has 0 unspecified atom stereocenters. The smallest absolute Gasteiger partial charge is 0.274 e. The molecule has 0 aliphatic carbocycles. The predicted molar refractivity (Wildman–Crippen MR) is 66.2 cm³/mol. The minimum Gasteiger partial charge on any atom is -0.395 e. The van der Waals surface area contributed by atoms with Gasteiger partial charge in [-0.25, -0.2) is 9.97 Å². The number of aliphatic hydroxyl groups is 1. The van der Waals surface area contributed by atoms with Crippen molar-refractivity contribution in [3.05, 3.63) is 28.4 Å². The summed E-state index contributed by atoms with van der Waals surface area (Å²) in [6.45, 7) is 5.24. The zero-order valence-electron chi connectivity index (χ0n) is 10.5. The molecule has 0 radical (unpaired) electrons. The summed E-state index contributed by atoms with van der Waals surface area (Å²) in [5.41, 5.74) is 0.481. The number of H-pyrrole nitrogens is 1. The number of hydrogen-bond donors (Lipinski definition) is 2. The molecule has 0 bridgehead atoms. The van der Waals surface area contributed by atoms with E-state index in [2.05, 4.69) is 15.1 Å². The minimum atomic E-state index is -0.180. The van der Waals surface area contributed by atoms with Gasteiger partial charge in [-0.1, -0.05) is 0 Å². The lowest BCUT2D eigenvalue weighted by Crippen LogP contribution is -2.33. The van der Waals surface area contributed by atoms with Gasteiger partial charge >= 0.3 is 0 Å². The number of aromatic amines is 1. The molecule has 0 aliphatic heterocycles. The van der Waals surface area contributed by atoms with Gasteiger partial charge < -0.3 is 5.11 Å². The molecule has 18 heavy (non-hydrogen) atoms. The largest absolute Gasteiger partial charge is 0.395 e. The summed E-state index contributed by atoms with van der Waals surface area (Å²) in [7, 11) is 0. The molecule has 0 saturated heterocycles. The maximum Gasteiger partial charge on any atom is 0.274 e.